The van der Waals surface area contributed by atoms with E-state index in [1.165, 1.54) is 12.3 Å². The van der Waals surface area contributed by atoms with Crippen LogP contribution >= 0.6 is 0 Å². The molecule has 0 aliphatic carbocycles. The lowest BCUT2D eigenvalue weighted by Gasteiger charge is -2.03. The lowest BCUT2D eigenvalue weighted by atomic mass is 10.1. The molecule has 0 aliphatic rings. The van der Waals surface area contributed by atoms with Crippen LogP contribution in [0.1, 0.15) is 16.7 Å². The van der Waals surface area contributed by atoms with Crippen molar-refractivity contribution in [2.45, 2.75) is 6.61 Å². The van der Waals surface area contributed by atoms with Crippen LogP contribution in [0.5, 0.6) is 11.5 Å². The standard InChI is InChI=1S/C16H14N2O4/c19-11-22-10-14-7-13(3-6-16(14)21)9-18-17-8-12-1-4-15(20)5-2-12/h1-9,11,20-21H,10H2/b17-8+,18-9+. The Hall–Kier alpha value is -3.15. The number of phenolic OH excluding ortho intramolecular Hbond substituents is 2. The summed E-state index contributed by atoms with van der Waals surface area (Å²) in [6, 6.07) is 11.4. The Morgan fingerprint density at radius 3 is 2.27 bits per heavy atom. The van der Waals surface area contributed by atoms with E-state index < -0.39 is 0 Å². The molecule has 0 spiro atoms. The first-order valence-corrected chi connectivity index (χ1v) is 6.41. The van der Waals surface area contributed by atoms with Crippen LogP contribution in [0.4, 0.5) is 0 Å². The predicted molar refractivity (Wildman–Crippen MR) is 82.3 cm³/mol. The summed E-state index contributed by atoms with van der Waals surface area (Å²) in [5.41, 5.74) is 2.00. The van der Waals surface area contributed by atoms with Gasteiger partial charge in [0.05, 0.1) is 12.4 Å². The average Bonchev–Trinajstić information content (AvgIpc) is 2.53. The Labute approximate surface area is 127 Å². The average molecular weight is 298 g/mol. The van der Waals surface area contributed by atoms with Crippen LogP contribution in [-0.2, 0) is 16.1 Å². The van der Waals surface area contributed by atoms with Crippen molar-refractivity contribution in [3.63, 3.8) is 0 Å². The summed E-state index contributed by atoms with van der Waals surface area (Å²) in [5.74, 6) is 0.237. The third kappa shape index (κ3) is 4.45. The quantitative estimate of drug-likeness (QED) is 0.486. The molecule has 2 aromatic carbocycles. The fourth-order valence-corrected chi connectivity index (χ4v) is 1.69. The smallest absolute Gasteiger partial charge is 0.293 e. The number of ether oxygens (including phenoxy) is 1. The summed E-state index contributed by atoms with van der Waals surface area (Å²) in [6.45, 7) is 0.315. The molecule has 0 radical (unpaired) electrons. The number of phenols is 2. The van der Waals surface area contributed by atoms with E-state index in [1.54, 1.807) is 42.6 Å². The van der Waals surface area contributed by atoms with Gasteiger partial charge < -0.3 is 14.9 Å². The van der Waals surface area contributed by atoms with Gasteiger partial charge in [0.15, 0.2) is 0 Å². The highest BCUT2D eigenvalue weighted by Gasteiger charge is 2.02. The Morgan fingerprint density at radius 2 is 1.59 bits per heavy atom. The predicted octanol–water partition coefficient (Wildman–Crippen LogP) is 2.22. The van der Waals surface area contributed by atoms with Crippen LogP contribution in [0.2, 0.25) is 0 Å². The summed E-state index contributed by atoms with van der Waals surface area (Å²) < 4.78 is 4.61. The maximum atomic E-state index is 10.2. The third-order valence-corrected chi connectivity index (χ3v) is 2.78. The number of rotatable bonds is 6. The molecule has 0 heterocycles. The van der Waals surface area contributed by atoms with E-state index >= 15 is 0 Å². The van der Waals surface area contributed by atoms with Gasteiger partial charge in [-0.15, -0.1) is 0 Å². The summed E-state index contributed by atoms with van der Waals surface area (Å²) in [6.07, 6.45) is 3.06. The molecule has 0 unspecified atom stereocenters. The summed E-state index contributed by atoms with van der Waals surface area (Å²) >= 11 is 0. The molecular formula is C16H14N2O4. The molecular weight excluding hydrogens is 284 g/mol. The molecule has 0 bridgehead atoms. The van der Waals surface area contributed by atoms with Gasteiger partial charge in [0.1, 0.15) is 18.1 Å². The van der Waals surface area contributed by atoms with Gasteiger partial charge in [-0.2, -0.15) is 10.2 Å². The van der Waals surface area contributed by atoms with Gasteiger partial charge in [0.2, 0.25) is 0 Å². The lowest BCUT2D eigenvalue weighted by Crippen LogP contribution is -1.92. The van der Waals surface area contributed by atoms with Gasteiger partial charge in [-0.25, -0.2) is 0 Å². The van der Waals surface area contributed by atoms with Crippen LogP contribution in [0.25, 0.3) is 0 Å². The highest BCUT2D eigenvalue weighted by Crippen LogP contribution is 2.18. The molecule has 22 heavy (non-hydrogen) atoms. The maximum absolute atomic E-state index is 10.2. The first kappa shape index (κ1) is 15.2. The van der Waals surface area contributed by atoms with Crippen molar-refractivity contribution in [1.82, 2.24) is 0 Å². The Bertz CT molecular complexity index is 694. The number of benzene rings is 2. The largest absolute Gasteiger partial charge is 0.508 e. The Kier molecular flexibility index (Phi) is 5.25. The molecule has 0 aromatic heterocycles. The molecule has 112 valence electrons. The van der Waals surface area contributed by atoms with E-state index in [9.17, 15) is 9.90 Å². The van der Waals surface area contributed by atoms with E-state index in [1.807, 2.05) is 0 Å². The van der Waals surface area contributed by atoms with Crippen LogP contribution in [0.3, 0.4) is 0 Å². The van der Waals surface area contributed by atoms with Crippen LogP contribution in [0, 0.1) is 0 Å². The SMILES string of the molecule is O=COCc1cc(/C=N/N=C/c2ccc(O)cc2)ccc1O. The minimum absolute atomic E-state index is 0.00616. The molecule has 0 fully saturated rings. The van der Waals surface area contributed by atoms with E-state index in [-0.39, 0.29) is 18.1 Å². The van der Waals surface area contributed by atoms with Gasteiger partial charge in [-0.05, 0) is 53.6 Å². The van der Waals surface area contributed by atoms with Gasteiger partial charge in [0.25, 0.3) is 6.47 Å². The highest BCUT2D eigenvalue weighted by atomic mass is 16.5. The number of hydrogen-bond donors (Lipinski definition) is 2. The van der Waals surface area contributed by atoms with E-state index in [0.717, 1.165) is 5.56 Å². The zero-order valence-electron chi connectivity index (χ0n) is 11.6. The van der Waals surface area contributed by atoms with Crippen molar-refractivity contribution < 1.29 is 19.7 Å². The van der Waals surface area contributed by atoms with Crippen LogP contribution in [-0.4, -0.2) is 29.1 Å². The normalized spacial score (nSPS) is 11.1. The summed E-state index contributed by atoms with van der Waals surface area (Å²) in [4.78, 5) is 10.2. The zero-order valence-corrected chi connectivity index (χ0v) is 11.6. The third-order valence-electron chi connectivity index (χ3n) is 2.78. The monoisotopic (exact) mass is 298 g/mol. The second-order valence-electron chi connectivity index (χ2n) is 4.38. The lowest BCUT2D eigenvalue weighted by molar-refractivity contribution is -0.129. The van der Waals surface area contributed by atoms with Crippen molar-refractivity contribution in [1.29, 1.82) is 0 Å². The molecule has 2 N–H and O–H groups in total. The fourth-order valence-electron chi connectivity index (χ4n) is 1.69. The number of hydrogen-bond acceptors (Lipinski definition) is 6. The Balaban J connectivity index is 2.03. The topological polar surface area (TPSA) is 91.5 Å². The van der Waals surface area contributed by atoms with E-state index in [4.69, 9.17) is 5.11 Å². The van der Waals surface area contributed by atoms with Crippen molar-refractivity contribution >= 4 is 18.9 Å². The molecule has 2 aromatic rings. The molecule has 0 saturated heterocycles. The molecule has 0 amide bonds. The number of nitrogens with zero attached hydrogens (tertiary/aromatic N) is 2. The first-order chi connectivity index (χ1) is 10.7. The van der Waals surface area contributed by atoms with Gasteiger partial charge >= 0.3 is 0 Å². The molecule has 0 saturated carbocycles. The molecule has 6 heteroatoms. The minimum atomic E-state index is -0.00616. The molecule has 2 rings (SSSR count). The van der Waals surface area contributed by atoms with E-state index in [0.29, 0.717) is 17.6 Å². The maximum Gasteiger partial charge on any atom is 0.293 e. The highest BCUT2D eigenvalue weighted by molar-refractivity contribution is 5.83. The van der Waals surface area contributed by atoms with Crippen molar-refractivity contribution in [2.24, 2.45) is 10.2 Å². The minimum Gasteiger partial charge on any atom is -0.508 e. The zero-order chi connectivity index (χ0) is 15.8. The fraction of sp³-hybridized carbons (Fsp3) is 0.0625. The molecule has 0 aliphatic heterocycles. The van der Waals surface area contributed by atoms with Crippen LogP contribution in [0.15, 0.2) is 52.7 Å². The van der Waals surface area contributed by atoms with Crippen molar-refractivity contribution in [2.75, 3.05) is 0 Å². The van der Waals surface area contributed by atoms with Crippen molar-refractivity contribution in [3.05, 3.63) is 59.2 Å². The molecule has 0 atom stereocenters. The second-order valence-corrected chi connectivity index (χ2v) is 4.38. The number of aromatic hydroxyl groups is 2. The van der Waals surface area contributed by atoms with Crippen LogP contribution < -0.4 is 0 Å². The first-order valence-electron chi connectivity index (χ1n) is 6.41. The second kappa shape index (κ2) is 7.58. The number of carbonyl (C=O) groups is 1. The van der Waals surface area contributed by atoms with Gasteiger partial charge in [-0.3, -0.25) is 4.79 Å². The molecule has 6 nitrogen and oxygen atoms in total. The van der Waals surface area contributed by atoms with Gasteiger partial charge in [0, 0.05) is 5.56 Å². The summed E-state index contributed by atoms with van der Waals surface area (Å²) in [7, 11) is 0. The Morgan fingerprint density at radius 1 is 0.955 bits per heavy atom. The number of carbonyl (C=O) groups excluding carboxylic acids is 1. The van der Waals surface area contributed by atoms with Gasteiger partial charge in [-0.1, -0.05) is 0 Å². The van der Waals surface area contributed by atoms with Crippen molar-refractivity contribution in [3.8, 4) is 11.5 Å². The summed E-state index contributed by atoms with van der Waals surface area (Å²) in [5, 5.41) is 26.6. The van der Waals surface area contributed by atoms with E-state index in [2.05, 4.69) is 14.9 Å².